The van der Waals surface area contributed by atoms with E-state index in [4.69, 9.17) is 0 Å². The van der Waals surface area contributed by atoms with Crippen LogP contribution in [-0.4, -0.2) is 49.3 Å². The van der Waals surface area contributed by atoms with Crippen LogP contribution in [-0.2, 0) is 0 Å². The number of hydrogen-bond acceptors (Lipinski definition) is 3. The molecule has 0 aliphatic heterocycles. The van der Waals surface area contributed by atoms with Crippen molar-refractivity contribution in [2.24, 2.45) is 11.8 Å². The Bertz CT molecular complexity index is 186. The van der Waals surface area contributed by atoms with E-state index in [1.807, 2.05) is 7.05 Å². The third kappa shape index (κ3) is 3.44. The number of hydrogen-bond donors (Lipinski definition) is 2. The zero-order chi connectivity index (χ0) is 11.5. The molecule has 1 atom stereocenters. The van der Waals surface area contributed by atoms with E-state index in [-0.39, 0.29) is 12.1 Å². The van der Waals surface area contributed by atoms with Gasteiger partial charge in [0.1, 0.15) is 0 Å². The van der Waals surface area contributed by atoms with Crippen LogP contribution in [0.25, 0.3) is 0 Å². The van der Waals surface area contributed by atoms with Crippen LogP contribution in [0.2, 0.25) is 0 Å². The van der Waals surface area contributed by atoms with Gasteiger partial charge in [-0.2, -0.15) is 0 Å². The van der Waals surface area contributed by atoms with Crippen molar-refractivity contribution in [3.05, 3.63) is 0 Å². The zero-order valence-electron chi connectivity index (χ0n) is 10.6. The Kier molecular flexibility index (Phi) is 4.56. The van der Waals surface area contributed by atoms with Crippen LogP contribution in [0.15, 0.2) is 0 Å². The van der Waals surface area contributed by atoms with Gasteiger partial charge in [0.2, 0.25) is 0 Å². The highest BCUT2D eigenvalue weighted by atomic mass is 16.3. The molecule has 90 valence electrons. The number of rotatable bonds is 7. The Morgan fingerprint density at radius 3 is 2.40 bits per heavy atom. The van der Waals surface area contributed by atoms with Crippen molar-refractivity contribution in [1.82, 2.24) is 10.2 Å². The second-order valence-electron chi connectivity index (χ2n) is 5.43. The van der Waals surface area contributed by atoms with Crippen LogP contribution in [0.4, 0.5) is 0 Å². The smallest absolute Gasteiger partial charge is 0.0628 e. The van der Waals surface area contributed by atoms with Crippen molar-refractivity contribution < 1.29 is 5.11 Å². The highest BCUT2D eigenvalue weighted by molar-refractivity contribution is 5.01. The molecule has 0 heterocycles. The van der Waals surface area contributed by atoms with E-state index in [1.165, 1.54) is 12.8 Å². The fraction of sp³-hybridized carbons (Fsp3) is 1.00. The van der Waals surface area contributed by atoms with Gasteiger partial charge in [-0.3, -0.25) is 0 Å². The monoisotopic (exact) mass is 214 g/mol. The molecule has 0 bridgehead atoms. The lowest BCUT2D eigenvalue weighted by atomic mass is 9.93. The van der Waals surface area contributed by atoms with Gasteiger partial charge in [0.05, 0.1) is 12.1 Å². The maximum atomic E-state index is 9.58. The summed E-state index contributed by atoms with van der Waals surface area (Å²) in [6.07, 6.45) is 2.52. The Labute approximate surface area is 93.9 Å². The van der Waals surface area contributed by atoms with E-state index in [0.29, 0.717) is 11.8 Å². The number of nitrogens with one attached hydrogen (secondary N) is 1. The highest BCUT2D eigenvalue weighted by Crippen LogP contribution is 2.39. The summed E-state index contributed by atoms with van der Waals surface area (Å²) in [5.41, 5.74) is -0.0658. The largest absolute Gasteiger partial charge is 0.394 e. The molecular weight excluding hydrogens is 188 g/mol. The van der Waals surface area contributed by atoms with Crippen LogP contribution in [0.3, 0.4) is 0 Å². The molecule has 0 spiro atoms. The summed E-state index contributed by atoms with van der Waals surface area (Å²) in [6.45, 7) is 6.75. The maximum Gasteiger partial charge on any atom is 0.0628 e. The summed E-state index contributed by atoms with van der Waals surface area (Å²) in [5.74, 6) is 1.35. The molecule has 0 amide bonds. The molecule has 0 aromatic heterocycles. The summed E-state index contributed by atoms with van der Waals surface area (Å²) >= 11 is 0. The fourth-order valence-electron chi connectivity index (χ4n) is 2.48. The second kappa shape index (κ2) is 5.28. The number of aliphatic hydroxyl groups excluding tert-OH is 1. The molecule has 0 aromatic rings. The Morgan fingerprint density at radius 2 is 2.07 bits per heavy atom. The van der Waals surface area contributed by atoms with Crippen molar-refractivity contribution in [3.63, 3.8) is 0 Å². The van der Waals surface area contributed by atoms with E-state index in [9.17, 15) is 5.11 Å². The van der Waals surface area contributed by atoms with E-state index >= 15 is 0 Å². The van der Waals surface area contributed by atoms with Crippen LogP contribution in [0.1, 0.15) is 26.7 Å². The summed E-state index contributed by atoms with van der Waals surface area (Å²) in [5, 5.41) is 12.9. The Balaban J connectivity index is 2.49. The fourth-order valence-corrected chi connectivity index (χ4v) is 2.48. The van der Waals surface area contributed by atoms with Gasteiger partial charge < -0.3 is 15.3 Å². The molecule has 1 aliphatic rings. The molecule has 2 N–H and O–H groups in total. The molecule has 1 rings (SSSR count). The summed E-state index contributed by atoms with van der Waals surface area (Å²) < 4.78 is 0. The van der Waals surface area contributed by atoms with Crippen molar-refractivity contribution in [2.45, 2.75) is 32.2 Å². The quantitative estimate of drug-likeness (QED) is 0.662. The predicted molar refractivity (Wildman–Crippen MR) is 63.9 cm³/mol. The van der Waals surface area contributed by atoms with Gasteiger partial charge in [0.15, 0.2) is 0 Å². The van der Waals surface area contributed by atoms with E-state index in [0.717, 1.165) is 13.1 Å². The average Bonchev–Trinajstić information content (AvgIpc) is 2.96. The first-order valence-corrected chi connectivity index (χ1v) is 6.02. The van der Waals surface area contributed by atoms with Gasteiger partial charge in [-0.15, -0.1) is 0 Å². The van der Waals surface area contributed by atoms with Crippen molar-refractivity contribution in [2.75, 3.05) is 33.8 Å². The summed E-state index contributed by atoms with van der Waals surface area (Å²) in [6, 6.07) is 0. The van der Waals surface area contributed by atoms with E-state index in [1.54, 1.807) is 0 Å². The lowest BCUT2D eigenvalue weighted by molar-refractivity contribution is 0.103. The minimum absolute atomic E-state index is 0.0658. The standard InChI is InChI=1S/C12H26N2O/c1-10(2)7-14(4)8-12(9-15,13-3)11-5-6-11/h10-11,13,15H,5-9H2,1-4H3. The highest BCUT2D eigenvalue weighted by Gasteiger charge is 2.44. The molecule has 1 saturated carbocycles. The predicted octanol–water partition coefficient (Wildman–Crippen LogP) is 0.935. The summed E-state index contributed by atoms with van der Waals surface area (Å²) in [4.78, 5) is 2.33. The number of aliphatic hydroxyl groups is 1. The van der Waals surface area contributed by atoms with Gasteiger partial charge in [-0.25, -0.2) is 0 Å². The minimum atomic E-state index is -0.0658. The van der Waals surface area contributed by atoms with Crippen molar-refractivity contribution >= 4 is 0 Å². The normalized spacial score (nSPS) is 21.0. The lowest BCUT2D eigenvalue weighted by Gasteiger charge is -2.36. The third-order valence-corrected chi connectivity index (χ3v) is 3.37. The minimum Gasteiger partial charge on any atom is -0.394 e. The molecule has 15 heavy (non-hydrogen) atoms. The number of nitrogens with zero attached hydrogens (tertiary/aromatic N) is 1. The van der Waals surface area contributed by atoms with Gasteiger partial charge in [0.25, 0.3) is 0 Å². The SMILES string of the molecule is CNC(CO)(CN(C)CC(C)C)C1CC1. The van der Waals surface area contributed by atoms with Crippen LogP contribution >= 0.6 is 0 Å². The first kappa shape index (κ1) is 12.9. The topological polar surface area (TPSA) is 35.5 Å². The van der Waals surface area contributed by atoms with Crippen molar-refractivity contribution in [1.29, 1.82) is 0 Å². The van der Waals surface area contributed by atoms with Crippen LogP contribution in [0, 0.1) is 11.8 Å². The molecule has 0 radical (unpaired) electrons. The zero-order valence-corrected chi connectivity index (χ0v) is 10.6. The van der Waals surface area contributed by atoms with Crippen LogP contribution < -0.4 is 5.32 Å². The Morgan fingerprint density at radius 1 is 1.47 bits per heavy atom. The lowest BCUT2D eigenvalue weighted by Crippen LogP contribution is -2.56. The first-order valence-electron chi connectivity index (χ1n) is 6.02. The molecule has 3 nitrogen and oxygen atoms in total. The summed E-state index contributed by atoms with van der Waals surface area (Å²) in [7, 11) is 4.11. The van der Waals surface area contributed by atoms with E-state index < -0.39 is 0 Å². The molecule has 1 unspecified atom stereocenters. The van der Waals surface area contributed by atoms with Gasteiger partial charge in [0, 0.05) is 13.1 Å². The Hall–Kier alpha value is -0.120. The molecule has 0 saturated heterocycles. The average molecular weight is 214 g/mol. The van der Waals surface area contributed by atoms with Gasteiger partial charge in [-0.05, 0) is 38.8 Å². The molecular formula is C12H26N2O. The molecule has 1 fully saturated rings. The molecule has 1 aliphatic carbocycles. The second-order valence-corrected chi connectivity index (χ2v) is 5.43. The van der Waals surface area contributed by atoms with Crippen molar-refractivity contribution in [3.8, 4) is 0 Å². The maximum absolute atomic E-state index is 9.58. The van der Waals surface area contributed by atoms with Gasteiger partial charge >= 0.3 is 0 Å². The molecule has 0 aromatic carbocycles. The third-order valence-electron chi connectivity index (χ3n) is 3.37. The van der Waals surface area contributed by atoms with Crippen LogP contribution in [0.5, 0.6) is 0 Å². The van der Waals surface area contributed by atoms with E-state index in [2.05, 4.69) is 31.1 Å². The molecule has 3 heteroatoms. The first-order chi connectivity index (χ1) is 7.04. The van der Waals surface area contributed by atoms with Gasteiger partial charge in [-0.1, -0.05) is 13.8 Å². The number of likely N-dealkylation sites (N-methyl/N-ethyl adjacent to an activating group) is 2.